The Bertz CT molecular complexity index is 758. The average Bonchev–Trinajstić information content (AvgIpc) is 3.14. The molecule has 0 radical (unpaired) electrons. The molecule has 1 aromatic heterocycles. The molecule has 1 fully saturated rings. The summed E-state index contributed by atoms with van der Waals surface area (Å²) in [6, 6.07) is 12.7. The number of fused-ring (bicyclic) bond motifs is 2. The molecule has 1 saturated carbocycles. The molecule has 4 rings (SSSR count). The van der Waals surface area contributed by atoms with Gasteiger partial charge in [-0.3, -0.25) is 4.99 Å². The van der Waals surface area contributed by atoms with Crippen molar-refractivity contribution in [3.05, 3.63) is 40.8 Å². The Morgan fingerprint density at radius 3 is 2.71 bits per heavy atom. The van der Waals surface area contributed by atoms with Gasteiger partial charge in [0.15, 0.2) is 0 Å². The van der Waals surface area contributed by atoms with E-state index >= 15 is 0 Å². The van der Waals surface area contributed by atoms with E-state index in [0.29, 0.717) is 0 Å². The van der Waals surface area contributed by atoms with E-state index in [1.807, 2.05) is 12.1 Å². The third-order valence-electron chi connectivity index (χ3n) is 4.73. The Labute approximate surface area is 128 Å². The van der Waals surface area contributed by atoms with Crippen LogP contribution >= 0.6 is 11.3 Å². The Hall–Kier alpha value is -1.92. The Kier molecular flexibility index (Phi) is 2.94. The number of hydrogen-bond acceptors (Lipinski definition) is 3. The van der Waals surface area contributed by atoms with Crippen LogP contribution in [0, 0.1) is 11.3 Å². The molecule has 0 bridgehead atoms. The second-order valence-electron chi connectivity index (χ2n) is 5.98. The average molecular weight is 292 g/mol. The zero-order valence-corrected chi connectivity index (χ0v) is 12.6. The van der Waals surface area contributed by atoms with Gasteiger partial charge in [0.25, 0.3) is 0 Å². The van der Waals surface area contributed by atoms with Crippen molar-refractivity contribution in [2.45, 2.75) is 37.5 Å². The lowest BCUT2D eigenvalue weighted by atomic mass is 9.71. The van der Waals surface area contributed by atoms with Crippen LogP contribution in [-0.2, 0) is 5.41 Å². The number of benzene rings is 1. The smallest absolute Gasteiger partial charge is 0.110 e. The predicted molar refractivity (Wildman–Crippen MR) is 87.4 cm³/mol. The molecule has 0 N–H and O–H groups in total. The first kappa shape index (κ1) is 12.8. The molecule has 2 heterocycles. The van der Waals surface area contributed by atoms with Gasteiger partial charge in [0.05, 0.1) is 5.69 Å². The largest absolute Gasteiger partial charge is 0.260 e. The lowest BCUT2D eigenvalue weighted by Gasteiger charge is -2.32. The molecular formula is C18H16N2S. The standard InChI is InChI=1S/C18H16N2S/c19-11-14-5-7-17(21-14)13-4-6-16-15(10-13)18(12-20-16)8-2-1-3-9-18/h4-7,10,12H,1-3,8-9H2. The van der Waals surface area contributed by atoms with Gasteiger partial charge >= 0.3 is 0 Å². The molecule has 2 nitrogen and oxygen atoms in total. The maximum atomic E-state index is 8.99. The molecule has 0 saturated heterocycles. The van der Waals surface area contributed by atoms with E-state index in [1.54, 1.807) is 11.3 Å². The van der Waals surface area contributed by atoms with Crippen LogP contribution in [0.4, 0.5) is 5.69 Å². The van der Waals surface area contributed by atoms with Gasteiger partial charge in [-0.05, 0) is 48.2 Å². The maximum absolute atomic E-state index is 8.99. The van der Waals surface area contributed by atoms with E-state index in [-0.39, 0.29) is 5.41 Å². The van der Waals surface area contributed by atoms with Crippen molar-refractivity contribution in [2.75, 3.05) is 0 Å². The lowest BCUT2D eigenvalue weighted by Crippen LogP contribution is -2.28. The predicted octanol–water partition coefficient (Wildman–Crippen LogP) is 5.20. The van der Waals surface area contributed by atoms with Gasteiger partial charge in [-0.15, -0.1) is 11.3 Å². The van der Waals surface area contributed by atoms with Crippen molar-refractivity contribution in [2.24, 2.45) is 4.99 Å². The summed E-state index contributed by atoms with van der Waals surface area (Å²) in [4.78, 5) is 6.60. The van der Waals surface area contributed by atoms with Crippen molar-refractivity contribution >= 4 is 23.2 Å². The number of nitriles is 1. The molecular weight excluding hydrogens is 276 g/mol. The van der Waals surface area contributed by atoms with Crippen LogP contribution < -0.4 is 0 Å². The van der Waals surface area contributed by atoms with Crippen LogP contribution in [0.15, 0.2) is 35.3 Å². The van der Waals surface area contributed by atoms with Crippen molar-refractivity contribution in [1.29, 1.82) is 5.26 Å². The normalized spacial score (nSPS) is 18.6. The van der Waals surface area contributed by atoms with Crippen LogP contribution in [-0.4, -0.2) is 6.21 Å². The lowest BCUT2D eigenvalue weighted by molar-refractivity contribution is 0.391. The Balaban J connectivity index is 1.78. The molecule has 0 atom stereocenters. The van der Waals surface area contributed by atoms with E-state index in [0.717, 1.165) is 10.6 Å². The number of rotatable bonds is 1. The first-order valence-corrected chi connectivity index (χ1v) is 8.32. The zero-order chi connectivity index (χ0) is 14.3. The van der Waals surface area contributed by atoms with Gasteiger partial charge in [0, 0.05) is 16.5 Å². The summed E-state index contributed by atoms with van der Waals surface area (Å²) in [6.07, 6.45) is 8.58. The topological polar surface area (TPSA) is 36.1 Å². The molecule has 2 aromatic rings. The molecule has 3 heteroatoms. The molecule has 21 heavy (non-hydrogen) atoms. The highest BCUT2D eigenvalue weighted by molar-refractivity contribution is 7.16. The molecule has 1 aromatic carbocycles. The quantitative estimate of drug-likeness (QED) is 0.711. The Morgan fingerprint density at radius 1 is 1.10 bits per heavy atom. The highest BCUT2D eigenvalue weighted by Crippen LogP contribution is 2.47. The van der Waals surface area contributed by atoms with Crippen molar-refractivity contribution in [3.63, 3.8) is 0 Å². The van der Waals surface area contributed by atoms with Crippen LogP contribution in [0.25, 0.3) is 10.4 Å². The SMILES string of the molecule is N#Cc1ccc(-c2ccc3c(c2)C2(C=N3)CCCCC2)s1. The maximum Gasteiger partial charge on any atom is 0.110 e. The van der Waals surface area contributed by atoms with E-state index in [4.69, 9.17) is 5.26 Å². The first-order chi connectivity index (χ1) is 10.3. The number of hydrogen-bond donors (Lipinski definition) is 0. The monoisotopic (exact) mass is 292 g/mol. The van der Waals surface area contributed by atoms with E-state index in [9.17, 15) is 0 Å². The van der Waals surface area contributed by atoms with E-state index in [2.05, 4.69) is 35.5 Å². The summed E-state index contributed by atoms with van der Waals surface area (Å²) in [7, 11) is 0. The molecule has 1 aliphatic heterocycles. The van der Waals surface area contributed by atoms with E-state index in [1.165, 1.54) is 48.1 Å². The molecule has 0 unspecified atom stereocenters. The van der Waals surface area contributed by atoms with Crippen LogP contribution in [0.5, 0.6) is 0 Å². The fourth-order valence-corrected chi connectivity index (χ4v) is 4.40. The fourth-order valence-electron chi connectivity index (χ4n) is 3.60. The van der Waals surface area contributed by atoms with Gasteiger partial charge in [-0.2, -0.15) is 5.26 Å². The second-order valence-corrected chi connectivity index (χ2v) is 7.07. The molecule has 1 aliphatic carbocycles. The fraction of sp³-hybridized carbons (Fsp3) is 0.333. The van der Waals surface area contributed by atoms with Crippen LogP contribution in [0.1, 0.15) is 42.5 Å². The van der Waals surface area contributed by atoms with Gasteiger partial charge in [-0.25, -0.2) is 0 Å². The third kappa shape index (κ3) is 2.02. The van der Waals surface area contributed by atoms with Gasteiger partial charge < -0.3 is 0 Å². The highest BCUT2D eigenvalue weighted by atomic mass is 32.1. The number of aliphatic imine (C=N–C) groups is 1. The molecule has 104 valence electrons. The number of nitrogens with zero attached hydrogens (tertiary/aromatic N) is 2. The minimum Gasteiger partial charge on any atom is -0.260 e. The molecule has 2 aliphatic rings. The summed E-state index contributed by atoms with van der Waals surface area (Å²) in [5.74, 6) is 0. The number of thiophene rings is 1. The minimum absolute atomic E-state index is 0.179. The first-order valence-electron chi connectivity index (χ1n) is 7.51. The molecule has 0 amide bonds. The van der Waals surface area contributed by atoms with Gasteiger partial charge in [-0.1, -0.05) is 25.3 Å². The highest BCUT2D eigenvalue weighted by Gasteiger charge is 2.37. The van der Waals surface area contributed by atoms with Crippen LogP contribution in [0.3, 0.4) is 0 Å². The second kappa shape index (κ2) is 4.82. The summed E-state index contributed by atoms with van der Waals surface area (Å²) < 4.78 is 0. The summed E-state index contributed by atoms with van der Waals surface area (Å²) in [6.45, 7) is 0. The summed E-state index contributed by atoms with van der Waals surface area (Å²) in [5.41, 5.74) is 3.93. The summed E-state index contributed by atoms with van der Waals surface area (Å²) >= 11 is 1.56. The zero-order valence-electron chi connectivity index (χ0n) is 11.8. The Morgan fingerprint density at radius 2 is 1.95 bits per heavy atom. The summed E-state index contributed by atoms with van der Waals surface area (Å²) in [5, 5.41) is 8.99. The van der Waals surface area contributed by atoms with Crippen molar-refractivity contribution in [1.82, 2.24) is 0 Å². The van der Waals surface area contributed by atoms with Gasteiger partial charge in [0.2, 0.25) is 0 Å². The third-order valence-corrected chi connectivity index (χ3v) is 5.77. The van der Waals surface area contributed by atoms with Crippen LogP contribution in [0.2, 0.25) is 0 Å². The van der Waals surface area contributed by atoms with E-state index < -0.39 is 0 Å². The van der Waals surface area contributed by atoms with Gasteiger partial charge in [0.1, 0.15) is 10.9 Å². The molecule has 1 spiro atoms. The minimum atomic E-state index is 0.179. The van der Waals surface area contributed by atoms with Crippen molar-refractivity contribution in [3.8, 4) is 16.5 Å². The van der Waals surface area contributed by atoms with Crippen molar-refractivity contribution < 1.29 is 0 Å².